The van der Waals surface area contributed by atoms with E-state index in [-0.39, 0.29) is 31.6 Å². The number of rotatable bonds is 3. The number of aliphatic carboxylic acids is 1. The molecule has 108 valence electrons. The number of amides is 1. The molecular formula is C13H13BrFNO4. The largest absolute Gasteiger partial charge is 0.480 e. The van der Waals surface area contributed by atoms with Crippen LogP contribution in [0.15, 0.2) is 22.7 Å². The average molecular weight is 346 g/mol. The number of carbonyl (C=O) groups is 2. The van der Waals surface area contributed by atoms with Crippen LogP contribution in [0.5, 0.6) is 0 Å². The molecule has 1 amide bonds. The Morgan fingerprint density at radius 3 is 2.60 bits per heavy atom. The van der Waals surface area contributed by atoms with Crippen LogP contribution in [0.25, 0.3) is 0 Å². The van der Waals surface area contributed by atoms with Gasteiger partial charge in [0.1, 0.15) is 11.4 Å². The highest BCUT2D eigenvalue weighted by Gasteiger charge is 2.41. The summed E-state index contributed by atoms with van der Waals surface area (Å²) in [5, 5.41) is 11.9. The Morgan fingerprint density at radius 1 is 1.35 bits per heavy atom. The Kier molecular flexibility index (Phi) is 4.39. The molecular weight excluding hydrogens is 333 g/mol. The topological polar surface area (TPSA) is 75.6 Å². The second kappa shape index (κ2) is 5.88. The van der Waals surface area contributed by atoms with Crippen molar-refractivity contribution >= 4 is 27.8 Å². The van der Waals surface area contributed by atoms with Crippen LogP contribution in [-0.4, -0.2) is 35.7 Å². The molecule has 0 atom stereocenters. The van der Waals surface area contributed by atoms with Crippen LogP contribution in [0, 0.1) is 5.82 Å². The van der Waals surface area contributed by atoms with Gasteiger partial charge in [0.15, 0.2) is 0 Å². The van der Waals surface area contributed by atoms with Crippen LogP contribution < -0.4 is 5.32 Å². The maximum atomic E-state index is 13.2. The van der Waals surface area contributed by atoms with Gasteiger partial charge < -0.3 is 15.2 Å². The van der Waals surface area contributed by atoms with Gasteiger partial charge in [-0.15, -0.1) is 0 Å². The lowest BCUT2D eigenvalue weighted by molar-refractivity contribution is -0.148. The molecule has 1 aliphatic rings. The highest BCUT2D eigenvalue weighted by molar-refractivity contribution is 9.10. The summed E-state index contributed by atoms with van der Waals surface area (Å²) < 4.78 is 18.7. The van der Waals surface area contributed by atoms with Crippen LogP contribution >= 0.6 is 15.9 Å². The lowest BCUT2D eigenvalue weighted by atomic mass is 9.89. The van der Waals surface area contributed by atoms with Gasteiger partial charge in [0.2, 0.25) is 0 Å². The molecule has 0 aromatic heterocycles. The predicted octanol–water partition coefficient (Wildman–Crippen LogP) is 1.95. The minimum Gasteiger partial charge on any atom is -0.480 e. The molecule has 0 radical (unpaired) electrons. The lowest BCUT2D eigenvalue weighted by Crippen LogP contribution is -2.57. The third kappa shape index (κ3) is 2.99. The maximum absolute atomic E-state index is 13.2. The van der Waals surface area contributed by atoms with Crippen molar-refractivity contribution in [3.05, 3.63) is 34.1 Å². The second-order valence-corrected chi connectivity index (χ2v) is 5.43. The summed E-state index contributed by atoms with van der Waals surface area (Å²) in [6.07, 6.45) is 0.363. The molecule has 1 fully saturated rings. The van der Waals surface area contributed by atoms with E-state index in [2.05, 4.69) is 21.2 Å². The zero-order valence-corrected chi connectivity index (χ0v) is 12.1. The van der Waals surface area contributed by atoms with Gasteiger partial charge in [0.05, 0.1) is 5.56 Å². The number of hydrogen-bond donors (Lipinski definition) is 2. The Labute approximate surface area is 123 Å². The number of benzene rings is 1. The van der Waals surface area contributed by atoms with E-state index in [1.54, 1.807) is 0 Å². The summed E-state index contributed by atoms with van der Waals surface area (Å²) in [6.45, 7) is 0.522. The van der Waals surface area contributed by atoms with Crippen molar-refractivity contribution in [3.8, 4) is 0 Å². The van der Waals surface area contributed by atoms with E-state index in [1.165, 1.54) is 12.1 Å². The highest BCUT2D eigenvalue weighted by atomic mass is 79.9. The molecule has 0 bridgehead atoms. The van der Waals surface area contributed by atoms with E-state index in [4.69, 9.17) is 4.74 Å². The minimum absolute atomic E-state index is 0.0668. The molecule has 0 saturated carbocycles. The van der Waals surface area contributed by atoms with Crippen molar-refractivity contribution in [2.75, 3.05) is 13.2 Å². The van der Waals surface area contributed by atoms with Gasteiger partial charge in [0, 0.05) is 30.5 Å². The summed E-state index contributed by atoms with van der Waals surface area (Å²) in [5.41, 5.74) is -1.29. The van der Waals surface area contributed by atoms with Crippen molar-refractivity contribution in [1.82, 2.24) is 5.32 Å². The van der Waals surface area contributed by atoms with Crippen LogP contribution in [0.1, 0.15) is 23.2 Å². The minimum atomic E-state index is -1.36. The van der Waals surface area contributed by atoms with E-state index in [0.717, 1.165) is 6.07 Å². The molecule has 20 heavy (non-hydrogen) atoms. The second-order valence-electron chi connectivity index (χ2n) is 4.58. The molecule has 1 aliphatic heterocycles. The Morgan fingerprint density at radius 2 is 2.00 bits per heavy atom. The molecule has 0 spiro atoms. The maximum Gasteiger partial charge on any atom is 0.329 e. The van der Waals surface area contributed by atoms with Crippen molar-refractivity contribution in [2.45, 2.75) is 18.4 Å². The average Bonchev–Trinajstić information content (AvgIpc) is 2.42. The number of carboxylic acids is 1. The summed E-state index contributed by atoms with van der Waals surface area (Å²) in [6, 6.07) is 3.68. The summed E-state index contributed by atoms with van der Waals surface area (Å²) in [4.78, 5) is 23.6. The van der Waals surface area contributed by atoms with Gasteiger partial charge in [-0.1, -0.05) is 0 Å². The van der Waals surface area contributed by atoms with E-state index in [1.807, 2.05) is 0 Å². The summed E-state index contributed by atoms with van der Waals surface area (Å²) >= 11 is 3.15. The molecule has 5 nitrogen and oxygen atoms in total. The van der Waals surface area contributed by atoms with Crippen LogP contribution in [0.2, 0.25) is 0 Å². The summed E-state index contributed by atoms with van der Waals surface area (Å²) in [5.74, 6) is -2.29. The number of ether oxygens (including phenoxy) is 1. The molecule has 2 N–H and O–H groups in total. The first-order chi connectivity index (χ1) is 9.44. The molecule has 7 heteroatoms. The SMILES string of the molecule is O=C(NC1(C(=O)O)CCOCC1)c1cc(F)ccc1Br. The van der Waals surface area contributed by atoms with Crippen molar-refractivity contribution in [3.63, 3.8) is 0 Å². The van der Waals surface area contributed by atoms with Gasteiger partial charge in [-0.25, -0.2) is 9.18 Å². The van der Waals surface area contributed by atoms with Crippen molar-refractivity contribution in [1.29, 1.82) is 0 Å². The molecule has 0 unspecified atom stereocenters. The number of halogens is 2. The predicted molar refractivity (Wildman–Crippen MR) is 72.0 cm³/mol. The molecule has 1 heterocycles. The number of carboxylic acid groups (broad SMARTS) is 1. The fourth-order valence-corrected chi connectivity index (χ4v) is 2.50. The standard InChI is InChI=1S/C13H13BrFNO4/c14-10-2-1-8(15)7-9(10)11(17)16-13(12(18)19)3-5-20-6-4-13/h1-2,7H,3-6H2,(H,16,17)(H,18,19). The van der Waals surface area contributed by atoms with Gasteiger partial charge in [-0.3, -0.25) is 4.79 Å². The number of hydrogen-bond acceptors (Lipinski definition) is 3. The Bertz CT molecular complexity index is 543. The molecule has 0 aliphatic carbocycles. The lowest BCUT2D eigenvalue weighted by Gasteiger charge is -2.33. The summed E-state index contributed by atoms with van der Waals surface area (Å²) in [7, 11) is 0. The van der Waals surface area contributed by atoms with Gasteiger partial charge in [-0.05, 0) is 34.1 Å². The van der Waals surface area contributed by atoms with Crippen LogP contribution in [-0.2, 0) is 9.53 Å². The first-order valence-corrected chi connectivity index (χ1v) is 6.83. The van der Waals surface area contributed by atoms with Crippen LogP contribution in [0.4, 0.5) is 4.39 Å². The molecule has 2 rings (SSSR count). The number of carbonyl (C=O) groups excluding carboxylic acids is 1. The monoisotopic (exact) mass is 345 g/mol. The zero-order valence-electron chi connectivity index (χ0n) is 10.5. The molecule has 1 saturated heterocycles. The smallest absolute Gasteiger partial charge is 0.329 e. The van der Waals surface area contributed by atoms with Gasteiger partial charge >= 0.3 is 5.97 Å². The van der Waals surface area contributed by atoms with E-state index < -0.39 is 23.2 Å². The van der Waals surface area contributed by atoms with Gasteiger partial charge in [0.25, 0.3) is 5.91 Å². The van der Waals surface area contributed by atoms with Gasteiger partial charge in [-0.2, -0.15) is 0 Å². The van der Waals surface area contributed by atoms with Crippen molar-refractivity contribution in [2.24, 2.45) is 0 Å². The fraction of sp³-hybridized carbons (Fsp3) is 0.385. The third-order valence-corrected chi connectivity index (χ3v) is 3.97. The third-order valence-electron chi connectivity index (χ3n) is 3.28. The number of nitrogens with one attached hydrogen (secondary N) is 1. The zero-order chi connectivity index (χ0) is 14.8. The van der Waals surface area contributed by atoms with E-state index >= 15 is 0 Å². The molecule has 1 aromatic rings. The first kappa shape index (κ1) is 14.9. The van der Waals surface area contributed by atoms with E-state index in [9.17, 15) is 19.1 Å². The fourth-order valence-electron chi connectivity index (χ4n) is 2.07. The van der Waals surface area contributed by atoms with Crippen LogP contribution in [0.3, 0.4) is 0 Å². The normalized spacial score (nSPS) is 17.5. The molecule has 1 aromatic carbocycles. The first-order valence-electron chi connectivity index (χ1n) is 6.03. The Hall–Kier alpha value is -1.47. The highest BCUT2D eigenvalue weighted by Crippen LogP contribution is 2.24. The quantitative estimate of drug-likeness (QED) is 0.877. The Balaban J connectivity index is 2.24. The van der Waals surface area contributed by atoms with E-state index in [0.29, 0.717) is 4.47 Å². The van der Waals surface area contributed by atoms with Crippen molar-refractivity contribution < 1.29 is 23.8 Å².